The van der Waals surface area contributed by atoms with E-state index < -0.39 is 11.6 Å². The zero-order chi connectivity index (χ0) is 23.2. The molecule has 0 unspecified atom stereocenters. The Morgan fingerprint density at radius 3 is 2.62 bits per heavy atom. The van der Waals surface area contributed by atoms with E-state index in [1.165, 1.54) is 18.2 Å². The highest BCUT2D eigenvalue weighted by atomic mass is 35.5. The Balaban J connectivity index is 1.45. The van der Waals surface area contributed by atoms with Gasteiger partial charge in [0, 0.05) is 23.3 Å². The minimum atomic E-state index is -0.643. The van der Waals surface area contributed by atoms with Crippen LogP contribution in [0, 0.1) is 11.6 Å². The molecule has 0 spiro atoms. The number of nitrogens with zero attached hydrogens (tertiary/aromatic N) is 4. The van der Waals surface area contributed by atoms with Crippen LogP contribution in [0.3, 0.4) is 0 Å². The molecule has 5 aromatic rings. The summed E-state index contributed by atoms with van der Waals surface area (Å²) in [4.78, 5) is 18.5. The molecular formula is C25H17ClF2N6. The third-order valence-corrected chi connectivity index (χ3v) is 6.04. The molecule has 0 bridgehead atoms. The number of aromatic amines is 1. The zero-order valence-electron chi connectivity index (χ0n) is 17.7. The van der Waals surface area contributed by atoms with Gasteiger partial charge in [-0.05, 0) is 54.4 Å². The van der Waals surface area contributed by atoms with Gasteiger partial charge in [-0.25, -0.2) is 23.7 Å². The van der Waals surface area contributed by atoms with Crippen LogP contribution in [0.15, 0.2) is 66.9 Å². The quantitative estimate of drug-likeness (QED) is 0.317. The molecule has 0 aliphatic carbocycles. The molecule has 6 nitrogen and oxygen atoms in total. The van der Waals surface area contributed by atoms with Gasteiger partial charge in [0.25, 0.3) is 0 Å². The lowest BCUT2D eigenvalue weighted by Crippen LogP contribution is -2.21. The van der Waals surface area contributed by atoms with Crippen molar-refractivity contribution in [2.75, 3.05) is 16.8 Å². The van der Waals surface area contributed by atoms with Gasteiger partial charge < -0.3 is 9.88 Å². The van der Waals surface area contributed by atoms with Gasteiger partial charge in [-0.1, -0.05) is 29.8 Å². The minimum absolute atomic E-state index is 0.118. The Kier molecular flexibility index (Phi) is 4.88. The van der Waals surface area contributed by atoms with Crippen molar-refractivity contribution in [3.05, 3.63) is 89.1 Å². The average Bonchev–Trinajstić information content (AvgIpc) is 3.17. The normalized spacial score (nSPS) is 12.9. The number of nitrogens with one attached hydrogen (secondary N) is 2. The number of hydrogen-bond donors (Lipinski definition) is 2. The van der Waals surface area contributed by atoms with E-state index in [1.807, 2.05) is 30.3 Å². The molecule has 2 aromatic heterocycles. The van der Waals surface area contributed by atoms with E-state index >= 15 is 0 Å². The van der Waals surface area contributed by atoms with Crippen molar-refractivity contribution >= 4 is 45.9 Å². The molecule has 0 saturated carbocycles. The number of H-pyrrole nitrogens is 1. The molecule has 0 atom stereocenters. The Labute approximate surface area is 198 Å². The van der Waals surface area contributed by atoms with E-state index in [0.29, 0.717) is 46.8 Å². The summed E-state index contributed by atoms with van der Waals surface area (Å²) in [6, 6.07) is 16.8. The SMILES string of the molecule is Fc1cccc(F)c1N1CCc2cnc(Nc3nc4ccccc4[nH]3)nc2-c2ccc(Cl)cc21. The van der Waals surface area contributed by atoms with Crippen LogP contribution in [-0.4, -0.2) is 26.5 Å². The Hall–Kier alpha value is -4.04. The van der Waals surface area contributed by atoms with Gasteiger partial charge in [0.05, 0.1) is 22.4 Å². The lowest BCUT2D eigenvalue weighted by atomic mass is 10.0. The van der Waals surface area contributed by atoms with Gasteiger partial charge in [0.15, 0.2) is 0 Å². The summed E-state index contributed by atoms with van der Waals surface area (Å²) in [6.45, 7) is 0.331. The summed E-state index contributed by atoms with van der Waals surface area (Å²) >= 11 is 6.29. The summed E-state index contributed by atoms with van der Waals surface area (Å²) < 4.78 is 29.4. The fraction of sp³-hybridized carbons (Fsp3) is 0.0800. The lowest BCUT2D eigenvalue weighted by molar-refractivity contribution is 0.580. The van der Waals surface area contributed by atoms with Crippen molar-refractivity contribution in [2.24, 2.45) is 0 Å². The van der Waals surface area contributed by atoms with E-state index in [0.717, 1.165) is 16.6 Å². The van der Waals surface area contributed by atoms with E-state index in [1.54, 1.807) is 23.2 Å². The molecule has 0 fully saturated rings. The highest BCUT2D eigenvalue weighted by molar-refractivity contribution is 6.31. The van der Waals surface area contributed by atoms with Gasteiger partial charge in [-0.2, -0.15) is 0 Å². The number of aromatic nitrogens is 4. The third kappa shape index (κ3) is 3.52. The number of fused-ring (bicyclic) bond motifs is 4. The van der Waals surface area contributed by atoms with Crippen molar-refractivity contribution in [1.29, 1.82) is 0 Å². The van der Waals surface area contributed by atoms with E-state index in [-0.39, 0.29) is 5.69 Å². The van der Waals surface area contributed by atoms with Gasteiger partial charge in [-0.15, -0.1) is 0 Å². The number of benzene rings is 3. The molecule has 3 heterocycles. The number of hydrogen-bond acceptors (Lipinski definition) is 5. The van der Waals surface area contributed by atoms with Crippen LogP contribution in [-0.2, 0) is 6.42 Å². The Morgan fingerprint density at radius 1 is 0.971 bits per heavy atom. The largest absolute Gasteiger partial charge is 0.336 e. The number of para-hydroxylation sites is 3. The fourth-order valence-electron chi connectivity index (χ4n) is 4.26. The molecule has 1 aliphatic rings. The van der Waals surface area contributed by atoms with Crippen molar-refractivity contribution in [1.82, 2.24) is 19.9 Å². The molecule has 9 heteroatoms. The maximum Gasteiger partial charge on any atom is 0.230 e. The maximum absolute atomic E-state index is 14.7. The predicted octanol–water partition coefficient (Wildman–Crippen LogP) is 6.39. The number of halogens is 3. The summed E-state index contributed by atoms with van der Waals surface area (Å²) in [5.41, 5.74) is 4.40. The van der Waals surface area contributed by atoms with Crippen molar-refractivity contribution in [3.63, 3.8) is 0 Å². The number of imidazole rings is 1. The van der Waals surface area contributed by atoms with E-state index in [2.05, 4.69) is 20.3 Å². The summed E-state index contributed by atoms with van der Waals surface area (Å²) in [5, 5.41) is 3.58. The zero-order valence-corrected chi connectivity index (χ0v) is 18.4. The Morgan fingerprint density at radius 2 is 1.79 bits per heavy atom. The van der Waals surface area contributed by atoms with Gasteiger partial charge in [-0.3, -0.25) is 5.32 Å². The molecule has 0 amide bonds. The van der Waals surface area contributed by atoms with Gasteiger partial charge in [0.1, 0.15) is 17.3 Å². The summed E-state index contributed by atoms with van der Waals surface area (Å²) in [5.74, 6) is -0.421. The number of anilines is 4. The van der Waals surface area contributed by atoms with Crippen molar-refractivity contribution < 1.29 is 8.78 Å². The monoisotopic (exact) mass is 474 g/mol. The maximum atomic E-state index is 14.7. The molecule has 3 aromatic carbocycles. The molecule has 0 saturated heterocycles. The fourth-order valence-corrected chi connectivity index (χ4v) is 4.43. The van der Waals surface area contributed by atoms with Crippen LogP contribution in [0.1, 0.15) is 5.56 Å². The lowest BCUT2D eigenvalue weighted by Gasteiger charge is -2.26. The van der Waals surface area contributed by atoms with Crippen LogP contribution in [0.5, 0.6) is 0 Å². The van der Waals surface area contributed by atoms with Gasteiger partial charge >= 0.3 is 0 Å². The molecule has 2 N–H and O–H groups in total. The average molecular weight is 475 g/mol. The molecule has 168 valence electrons. The van der Waals surface area contributed by atoms with E-state index in [4.69, 9.17) is 16.6 Å². The number of rotatable bonds is 3. The molecule has 34 heavy (non-hydrogen) atoms. The van der Waals surface area contributed by atoms with Crippen LogP contribution < -0.4 is 10.2 Å². The van der Waals surface area contributed by atoms with E-state index in [9.17, 15) is 8.78 Å². The molecule has 6 rings (SSSR count). The second-order valence-electron chi connectivity index (χ2n) is 7.93. The van der Waals surface area contributed by atoms with Gasteiger partial charge in [0.2, 0.25) is 11.9 Å². The first kappa shape index (κ1) is 20.6. The minimum Gasteiger partial charge on any atom is -0.336 e. The summed E-state index contributed by atoms with van der Waals surface area (Å²) in [6.07, 6.45) is 2.22. The van der Waals surface area contributed by atoms with Crippen LogP contribution >= 0.6 is 11.6 Å². The standard InChI is InChI=1S/C25H17ClF2N6/c26-15-8-9-16-21(12-15)34(23-17(27)4-3-5-18(23)28)11-10-14-13-29-24(32-22(14)16)33-25-30-19-6-1-2-7-20(19)31-25/h1-9,12-13H,10-11H2,(H2,29,30,31,32,33). The third-order valence-electron chi connectivity index (χ3n) is 5.80. The van der Waals surface area contributed by atoms with Crippen LogP contribution in [0.2, 0.25) is 5.02 Å². The van der Waals surface area contributed by atoms with Crippen molar-refractivity contribution in [3.8, 4) is 11.3 Å². The second-order valence-corrected chi connectivity index (χ2v) is 8.36. The molecular weight excluding hydrogens is 458 g/mol. The Bertz CT molecular complexity index is 1500. The first-order chi connectivity index (χ1) is 16.6. The molecule has 1 aliphatic heterocycles. The first-order valence-electron chi connectivity index (χ1n) is 10.7. The van der Waals surface area contributed by atoms with Crippen LogP contribution in [0.4, 0.5) is 32.1 Å². The topological polar surface area (TPSA) is 69.7 Å². The second kappa shape index (κ2) is 8.07. The summed E-state index contributed by atoms with van der Waals surface area (Å²) in [7, 11) is 0. The van der Waals surface area contributed by atoms with Crippen LogP contribution in [0.25, 0.3) is 22.3 Å². The first-order valence-corrected chi connectivity index (χ1v) is 11.0. The highest BCUT2D eigenvalue weighted by Gasteiger charge is 2.26. The highest BCUT2D eigenvalue weighted by Crippen LogP contribution is 2.42. The smallest absolute Gasteiger partial charge is 0.230 e. The van der Waals surface area contributed by atoms with Crippen molar-refractivity contribution in [2.45, 2.75) is 6.42 Å². The molecule has 0 radical (unpaired) electrons. The predicted molar refractivity (Wildman–Crippen MR) is 129 cm³/mol.